The summed E-state index contributed by atoms with van der Waals surface area (Å²) in [5.74, 6) is -0.0290. The fraction of sp³-hybridized carbons (Fsp3) is 0.500. The first kappa shape index (κ1) is 16.0. The van der Waals surface area contributed by atoms with Crippen LogP contribution in [-0.2, 0) is 11.3 Å². The van der Waals surface area contributed by atoms with E-state index in [4.69, 9.17) is 9.15 Å². The van der Waals surface area contributed by atoms with Crippen molar-refractivity contribution in [3.8, 4) is 0 Å². The summed E-state index contributed by atoms with van der Waals surface area (Å²) in [4.78, 5) is 12.5. The zero-order chi connectivity index (χ0) is 16.4. The van der Waals surface area contributed by atoms with Crippen molar-refractivity contribution in [3.63, 3.8) is 0 Å². The number of ether oxygens (including phenoxy) is 1. The van der Waals surface area contributed by atoms with E-state index < -0.39 is 5.60 Å². The van der Waals surface area contributed by atoms with Gasteiger partial charge in [0, 0.05) is 17.5 Å². The molecule has 1 saturated carbocycles. The Bertz CT molecular complexity index is 700. The number of benzene rings is 1. The molecule has 2 aromatic rings. The number of fused-ring (bicyclic) bond motifs is 1. The van der Waals surface area contributed by atoms with E-state index in [2.05, 4.69) is 5.32 Å². The van der Waals surface area contributed by atoms with Gasteiger partial charge in [-0.15, -0.1) is 0 Å². The van der Waals surface area contributed by atoms with Crippen molar-refractivity contribution in [3.05, 3.63) is 35.6 Å². The minimum atomic E-state index is -0.754. The molecule has 1 fully saturated rings. The Morgan fingerprint density at radius 2 is 2.13 bits per heavy atom. The summed E-state index contributed by atoms with van der Waals surface area (Å²) in [6, 6.07) is 7.55. The molecule has 3 rings (SSSR count). The third-order valence-corrected chi connectivity index (χ3v) is 4.33. The molecule has 23 heavy (non-hydrogen) atoms. The standard InChI is InChI=1S/C18H23NO4/c1-12(2)22-10-14-13-6-3-4-7-15(13)23-16(14)17(20)19-11-18(21)8-5-9-18/h3-4,6-7,12,21H,5,8-11H2,1-2H3,(H,19,20). The van der Waals surface area contributed by atoms with Gasteiger partial charge in [0.25, 0.3) is 5.91 Å². The first-order valence-corrected chi connectivity index (χ1v) is 8.11. The zero-order valence-corrected chi connectivity index (χ0v) is 13.6. The van der Waals surface area contributed by atoms with Gasteiger partial charge in [0.05, 0.1) is 18.3 Å². The van der Waals surface area contributed by atoms with Crippen LogP contribution in [0, 0.1) is 0 Å². The number of carbonyl (C=O) groups is 1. The lowest BCUT2D eigenvalue weighted by molar-refractivity contribution is -0.0302. The summed E-state index contributed by atoms with van der Waals surface area (Å²) >= 11 is 0. The topological polar surface area (TPSA) is 71.7 Å². The quantitative estimate of drug-likeness (QED) is 0.859. The van der Waals surface area contributed by atoms with Gasteiger partial charge in [0.1, 0.15) is 5.58 Å². The monoisotopic (exact) mass is 317 g/mol. The third kappa shape index (κ3) is 3.41. The van der Waals surface area contributed by atoms with Crippen LogP contribution in [-0.4, -0.2) is 29.3 Å². The highest BCUT2D eigenvalue weighted by molar-refractivity contribution is 5.99. The number of rotatable bonds is 6. The molecule has 1 aromatic heterocycles. The molecule has 1 amide bonds. The van der Waals surface area contributed by atoms with E-state index in [-0.39, 0.29) is 24.3 Å². The fourth-order valence-corrected chi connectivity index (χ4v) is 2.76. The maximum absolute atomic E-state index is 12.5. The number of nitrogens with one attached hydrogen (secondary N) is 1. The zero-order valence-electron chi connectivity index (χ0n) is 13.6. The number of amides is 1. The molecule has 2 N–H and O–H groups in total. The molecule has 0 radical (unpaired) electrons. The van der Waals surface area contributed by atoms with Crippen LogP contribution < -0.4 is 5.32 Å². The SMILES string of the molecule is CC(C)OCc1c(C(=O)NCC2(O)CCC2)oc2ccccc12. The number of carbonyl (C=O) groups excluding carboxylic acids is 1. The van der Waals surface area contributed by atoms with Crippen molar-refractivity contribution in [2.45, 2.75) is 51.4 Å². The van der Waals surface area contributed by atoms with Crippen molar-refractivity contribution < 1.29 is 19.1 Å². The summed E-state index contributed by atoms with van der Waals surface area (Å²) in [7, 11) is 0. The van der Waals surface area contributed by atoms with Crippen molar-refractivity contribution in [1.82, 2.24) is 5.32 Å². The first-order chi connectivity index (χ1) is 11.0. The first-order valence-electron chi connectivity index (χ1n) is 8.11. The summed E-state index contributed by atoms with van der Waals surface area (Å²) in [5, 5.41) is 13.8. The molecule has 5 heteroatoms. The van der Waals surface area contributed by atoms with E-state index in [1.165, 1.54) is 0 Å². The summed E-state index contributed by atoms with van der Waals surface area (Å²) in [6.45, 7) is 4.48. The van der Waals surface area contributed by atoms with Crippen LogP contribution in [0.1, 0.15) is 49.2 Å². The highest BCUT2D eigenvalue weighted by atomic mass is 16.5. The number of furan rings is 1. The van der Waals surface area contributed by atoms with Gasteiger partial charge in [0.15, 0.2) is 5.76 Å². The Morgan fingerprint density at radius 3 is 2.78 bits per heavy atom. The average molecular weight is 317 g/mol. The predicted octanol–water partition coefficient (Wildman–Crippen LogP) is 3.00. The molecule has 0 spiro atoms. The molecule has 0 aliphatic heterocycles. The fourth-order valence-electron chi connectivity index (χ4n) is 2.76. The van der Waals surface area contributed by atoms with Gasteiger partial charge in [0.2, 0.25) is 0 Å². The van der Waals surface area contributed by atoms with E-state index in [0.717, 1.165) is 30.2 Å². The van der Waals surface area contributed by atoms with E-state index in [0.29, 0.717) is 12.2 Å². The van der Waals surface area contributed by atoms with Gasteiger partial charge < -0.3 is 19.6 Å². The van der Waals surface area contributed by atoms with Gasteiger partial charge in [-0.2, -0.15) is 0 Å². The predicted molar refractivity (Wildman–Crippen MR) is 87.3 cm³/mol. The van der Waals surface area contributed by atoms with Crippen molar-refractivity contribution >= 4 is 16.9 Å². The minimum absolute atomic E-state index is 0.0651. The van der Waals surface area contributed by atoms with Crippen LogP contribution >= 0.6 is 0 Å². The van der Waals surface area contributed by atoms with Crippen LogP contribution in [0.3, 0.4) is 0 Å². The molecule has 0 unspecified atom stereocenters. The van der Waals surface area contributed by atoms with Crippen molar-refractivity contribution in [1.29, 1.82) is 0 Å². The van der Waals surface area contributed by atoms with Gasteiger partial charge in [-0.1, -0.05) is 18.2 Å². The van der Waals surface area contributed by atoms with Crippen molar-refractivity contribution in [2.24, 2.45) is 0 Å². The molecule has 1 heterocycles. The Morgan fingerprint density at radius 1 is 1.39 bits per heavy atom. The third-order valence-electron chi connectivity index (χ3n) is 4.33. The Labute approximate surface area is 135 Å². The van der Waals surface area contributed by atoms with Gasteiger partial charge in [-0.3, -0.25) is 4.79 Å². The lowest BCUT2D eigenvalue weighted by Gasteiger charge is -2.36. The second-order valence-electron chi connectivity index (χ2n) is 6.53. The second kappa shape index (κ2) is 6.34. The molecular formula is C18H23NO4. The highest BCUT2D eigenvalue weighted by Crippen LogP contribution is 2.31. The Kier molecular flexibility index (Phi) is 4.41. The molecule has 5 nitrogen and oxygen atoms in total. The van der Waals surface area contributed by atoms with Crippen LogP contribution in [0.4, 0.5) is 0 Å². The molecule has 0 saturated heterocycles. The lowest BCUT2D eigenvalue weighted by atomic mass is 9.80. The van der Waals surface area contributed by atoms with E-state index in [9.17, 15) is 9.90 Å². The van der Waals surface area contributed by atoms with Gasteiger partial charge in [-0.05, 0) is 39.2 Å². The molecule has 1 aromatic carbocycles. The van der Waals surface area contributed by atoms with E-state index in [1.807, 2.05) is 38.1 Å². The second-order valence-corrected chi connectivity index (χ2v) is 6.53. The Balaban J connectivity index is 1.82. The number of aliphatic hydroxyl groups is 1. The number of hydrogen-bond acceptors (Lipinski definition) is 4. The largest absolute Gasteiger partial charge is 0.451 e. The highest BCUT2D eigenvalue weighted by Gasteiger charge is 2.35. The van der Waals surface area contributed by atoms with Crippen LogP contribution in [0.2, 0.25) is 0 Å². The average Bonchev–Trinajstić information content (AvgIpc) is 2.87. The summed E-state index contributed by atoms with van der Waals surface area (Å²) in [6.07, 6.45) is 2.54. The van der Waals surface area contributed by atoms with Gasteiger partial charge >= 0.3 is 0 Å². The molecule has 1 aliphatic carbocycles. The maximum atomic E-state index is 12.5. The maximum Gasteiger partial charge on any atom is 0.287 e. The molecule has 0 atom stereocenters. The van der Waals surface area contributed by atoms with Crippen molar-refractivity contribution in [2.75, 3.05) is 6.54 Å². The smallest absolute Gasteiger partial charge is 0.287 e. The number of para-hydroxylation sites is 1. The van der Waals surface area contributed by atoms with E-state index >= 15 is 0 Å². The molecular weight excluding hydrogens is 294 g/mol. The van der Waals surface area contributed by atoms with Crippen LogP contribution in [0.15, 0.2) is 28.7 Å². The summed E-state index contributed by atoms with van der Waals surface area (Å²) in [5.41, 5.74) is 0.672. The Hall–Kier alpha value is -1.85. The van der Waals surface area contributed by atoms with E-state index in [1.54, 1.807) is 0 Å². The van der Waals surface area contributed by atoms with Gasteiger partial charge in [-0.25, -0.2) is 0 Å². The van der Waals surface area contributed by atoms with Crippen LogP contribution in [0.25, 0.3) is 11.0 Å². The molecule has 124 valence electrons. The summed E-state index contributed by atoms with van der Waals surface area (Å²) < 4.78 is 11.4. The van der Waals surface area contributed by atoms with Crippen LogP contribution in [0.5, 0.6) is 0 Å². The minimum Gasteiger partial charge on any atom is -0.451 e. The number of hydrogen-bond donors (Lipinski definition) is 2. The lowest BCUT2D eigenvalue weighted by Crippen LogP contribution is -2.47. The normalized spacial score (nSPS) is 16.5. The molecule has 1 aliphatic rings. The molecule has 0 bridgehead atoms.